The molecule has 0 amide bonds. The highest BCUT2D eigenvalue weighted by Gasteiger charge is 2.10. The number of hydrogen-bond acceptors (Lipinski definition) is 4. The molecule has 0 aromatic carbocycles. The van der Waals surface area contributed by atoms with Crippen molar-refractivity contribution in [1.82, 2.24) is 14.5 Å². The molecule has 86 valence electrons. The Bertz CT molecular complexity index is 668. The van der Waals surface area contributed by atoms with Crippen LogP contribution in [-0.2, 0) is 6.54 Å². The van der Waals surface area contributed by atoms with Crippen molar-refractivity contribution in [3.8, 4) is 0 Å². The minimum Gasteiger partial charge on any atom is -0.369 e. The van der Waals surface area contributed by atoms with Crippen LogP contribution in [-0.4, -0.2) is 14.5 Å². The van der Waals surface area contributed by atoms with E-state index in [9.17, 15) is 0 Å². The first-order valence-electron chi connectivity index (χ1n) is 5.35. The van der Waals surface area contributed by atoms with Crippen LogP contribution in [0, 0.1) is 6.92 Å². The second-order valence-corrected chi connectivity index (χ2v) is 4.93. The maximum atomic E-state index is 5.94. The first kappa shape index (κ1) is 10.3. The van der Waals surface area contributed by atoms with Crippen molar-refractivity contribution in [3.05, 3.63) is 40.2 Å². The summed E-state index contributed by atoms with van der Waals surface area (Å²) in [6.45, 7) is 2.84. The van der Waals surface area contributed by atoms with E-state index >= 15 is 0 Å². The van der Waals surface area contributed by atoms with Crippen molar-refractivity contribution in [1.29, 1.82) is 0 Å². The molecule has 3 heterocycles. The third-order valence-corrected chi connectivity index (χ3v) is 3.81. The van der Waals surface area contributed by atoms with Crippen LogP contribution in [0.4, 0.5) is 5.95 Å². The molecule has 4 nitrogen and oxygen atoms in total. The molecule has 2 N–H and O–H groups in total. The summed E-state index contributed by atoms with van der Waals surface area (Å²) in [7, 11) is 0. The van der Waals surface area contributed by atoms with Crippen LogP contribution >= 0.6 is 11.3 Å². The molecule has 3 rings (SSSR count). The van der Waals surface area contributed by atoms with Gasteiger partial charge in [0.15, 0.2) is 5.65 Å². The number of nitrogens with two attached hydrogens (primary N) is 1. The van der Waals surface area contributed by atoms with Crippen LogP contribution in [0.1, 0.15) is 10.4 Å². The van der Waals surface area contributed by atoms with E-state index in [1.165, 1.54) is 10.4 Å². The predicted octanol–water partition coefficient (Wildman–Crippen LogP) is 2.43. The number of pyridine rings is 1. The summed E-state index contributed by atoms with van der Waals surface area (Å²) in [5, 5.41) is 2.09. The molecule has 3 aromatic rings. The largest absolute Gasteiger partial charge is 0.369 e. The van der Waals surface area contributed by atoms with E-state index in [0.29, 0.717) is 5.95 Å². The lowest BCUT2D eigenvalue weighted by Crippen LogP contribution is -2.04. The van der Waals surface area contributed by atoms with E-state index in [-0.39, 0.29) is 0 Å². The van der Waals surface area contributed by atoms with Gasteiger partial charge in [-0.25, -0.2) is 9.97 Å². The zero-order chi connectivity index (χ0) is 11.8. The summed E-state index contributed by atoms with van der Waals surface area (Å²) in [5.74, 6) is 0.520. The molecule has 0 aliphatic carbocycles. The minimum absolute atomic E-state index is 0.520. The van der Waals surface area contributed by atoms with Crippen LogP contribution in [0.2, 0.25) is 0 Å². The quantitative estimate of drug-likeness (QED) is 0.753. The Morgan fingerprint density at radius 1 is 1.41 bits per heavy atom. The van der Waals surface area contributed by atoms with Crippen molar-refractivity contribution in [2.75, 3.05) is 5.73 Å². The molecule has 3 aromatic heterocycles. The zero-order valence-electron chi connectivity index (χ0n) is 9.42. The van der Waals surface area contributed by atoms with Gasteiger partial charge in [-0.15, -0.1) is 11.3 Å². The maximum absolute atomic E-state index is 5.94. The monoisotopic (exact) mass is 244 g/mol. The Balaban J connectivity index is 2.11. The Labute approximate surface area is 103 Å². The molecule has 0 bridgehead atoms. The summed E-state index contributed by atoms with van der Waals surface area (Å²) < 4.78 is 1.95. The lowest BCUT2D eigenvalue weighted by Gasteiger charge is -2.04. The SMILES string of the molecule is Cc1ccsc1Cn1c(N)nc2cccnc21. The third kappa shape index (κ3) is 1.68. The lowest BCUT2D eigenvalue weighted by molar-refractivity contribution is 0.836. The van der Waals surface area contributed by atoms with Gasteiger partial charge >= 0.3 is 0 Å². The Morgan fingerprint density at radius 2 is 2.29 bits per heavy atom. The molecule has 0 saturated carbocycles. The Kier molecular flexibility index (Phi) is 2.33. The molecule has 0 aliphatic heterocycles. The van der Waals surface area contributed by atoms with Crippen molar-refractivity contribution in [2.45, 2.75) is 13.5 Å². The van der Waals surface area contributed by atoms with E-state index in [4.69, 9.17) is 5.73 Å². The van der Waals surface area contributed by atoms with Gasteiger partial charge in [0.25, 0.3) is 0 Å². The molecular weight excluding hydrogens is 232 g/mol. The Morgan fingerprint density at radius 3 is 3.06 bits per heavy atom. The van der Waals surface area contributed by atoms with Crippen LogP contribution < -0.4 is 5.73 Å². The number of thiophene rings is 1. The van der Waals surface area contributed by atoms with Gasteiger partial charge in [-0.1, -0.05) is 0 Å². The first-order valence-corrected chi connectivity index (χ1v) is 6.23. The van der Waals surface area contributed by atoms with E-state index in [1.54, 1.807) is 17.5 Å². The minimum atomic E-state index is 0.520. The average molecular weight is 244 g/mol. The highest BCUT2D eigenvalue weighted by atomic mass is 32.1. The fourth-order valence-electron chi connectivity index (χ4n) is 1.84. The first-order chi connectivity index (χ1) is 8.25. The lowest BCUT2D eigenvalue weighted by atomic mass is 10.3. The predicted molar refractivity (Wildman–Crippen MR) is 70.1 cm³/mol. The number of anilines is 1. The molecule has 0 atom stereocenters. The van der Waals surface area contributed by atoms with E-state index in [2.05, 4.69) is 28.3 Å². The highest BCUT2D eigenvalue weighted by Crippen LogP contribution is 2.21. The highest BCUT2D eigenvalue weighted by molar-refractivity contribution is 7.10. The molecule has 0 saturated heterocycles. The van der Waals surface area contributed by atoms with Gasteiger partial charge in [0.1, 0.15) is 5.52 Å². The van der Waals surface area contributed by atoms with Gasteiger partial charge in [0.05, 0.1) is 6.54 Å². The number of aromatic nitrogens is 3. The van der Waals surface area contributed by atoms with Crippen molar-refractivity contribution < 1.29 is 0 Å². The second-order valence-electron chi connectivity index (χ2n) is 3.93. The molecular formula is C12H12N4S. The summed E-state index contributed by atoms with van der Waals surface area (Å²) in [6.07, 6.45) is 1.77. The maximum Gasteiger partial charge on any atom is 0.202 e. The standard InChI is InChI=1S/C12H12N4S/c1-8-4-6-17-10(8)7-16-11-9(15-12(16)13)3-2-5-14-11/h2-6H,7H2,1H3,(H2,13,15). The van der Waals surface area contributed by atoms with Gasteiger partial charge in [0.2, 0.25) is 5.95 Å². The van der Waals surface area contributed by atoms with E-state index in [0.717, 1.165) is 17.7 Å². The summed E-state index contributed by atoms with van der Waals surface area (Å²) >= 11 is 1.73. The molecule has 0 aliphatic rings. The summed E-state index contributed by atoms with van der Waals surface area (Å²) in [4.78, 5) is 9.94. The van der Waals surface area contributed by atoms with Crippen LogP contribution in [0.3, 0.4) is 0 Å². The third-order valence-electron chi connectivity index (χ3n) is 2.80. The molecule has 17 heavy (non-hydrogen) atoms. The van der Waals surface area contributed by atoms with Gasteiger partial charge in [-0.2, -0.15) is 0 Å². The fourth-order valence-corrected chi connectivity index (χ4v) is 2.74. The van der Waals surface area contributed by atoms with Crippen molar-refractivity contribution in [3.63, 3.8) is 0 Å². The number of fused-ring (bicyclic) bond motifs is 1. The Hall–Kier alpha value is -1.88. The van der Waals surface area contributed by atoms with Crippen LogP contribution in [0.5, 0.6) is 0 Å². The smallest absolute Gasteiger partial charge is 0.202 e. The van der Waals surface area contributed by atoms with Gasteiger partial charge in [-0.3, -0.25) is 4.57 Å². The topological polar surface area (TPSA) is 56.7 Å². The fraction of sp³-hybridized carbons (Fsp3) is 0.167. The van der Waals surface area contributed by atoms with Crippen LogP contribution in [0.25, 0.3) is 11.2 Å². The van der Waals surface area contributed by atoms with Gasteiger partial charge < -0.3 is 5.73 Å². The zero-order valence-corrected chi connectivity index (χ0v) is 10.2. The molecule has 0 fully saturated rings. The number of hydrogen-bond donors (Lipinski definition) is 1. The number of rotatable bonds is 2. The van der Waals surface area contributed by atoms with E-state index in [1.807, 2.05) is 16.7 Å². The normalized spacial score (nSPS) is 11.1. The average Bonchev–Trinajstić information content (AvgIpc) is 2.85. The number of nitrogens with zero attached hydrogens (tertiary/aromatic N) is 3. The van der Waals surface area contributed by atoms with Crippen molar-refractivity contribution >= 4 is 28.4 Å². The van der Waals surface area contributed by atoms with Gasteiger partial charge in [0, 0.05) is 11.1 Å². The van der Waals surface area contributed by atoms with Crippen molar-refractivity contribution in [2.24, 2.45) is 0 Å². The molecule has 0 unspecified atom stereocenters. The number of aryl methyl sites for hydroxylation is 1. The van der Waals surface area contributed by atoms with Crippen LogP contribution in [0.15, 0.2) is 29.8 Å². The number of imidazole rings is 1. The van der Waals surface area contributed by atoms with Gasteiger partial charge in [-0.05, 0) is 36.1 Å². The number of nitrogen functional groups attached to an aromatic ring is 1. The summed E-state index contributed by atoms with van der Waals surface area (Å²) in [6, 6.07) is 5.91. The van der Waals surface area contributed by atoms with E-state index < -0.39 is 0 Å². The molecule has 5 heteroatoms. The second kappa shape index (κ2) is 3.85. The summed E-state index contributed by atoms with van der Waals surface area (Å²) in [5.41, 5.74) is 8.91. The molecule has 0 spiro atoms. The molecule has 0 radical (unpaired) electrons.